The Kier molecular flexibility index (Phi) is 7.70. The first-order valence-electron chi connectivity index (χ1n) is 11.4. The van der Waals surface area contributed by atoms with Crippen LogP contribution in [0, 0.1) is 13.8 Å². The second kappa shape index (κ2) is 10.9. The van der Waals surface area contributed by atoms with Crippen molar-refractivity contribution < 1.29 is 13.9 Å². The van der Waals surface area contributed by atoms with Crippen molar-refractivity contribution in [3.8, 4) is 0 Å². The molecule has 0 amide bonds. The van der Waals surface area contributed by atoms with Gasteiger partial charge in [0.1, 0.15) is 5.76 Å². The van der Waals surface area contributed by atoms with Crippen LogP contribution in [0.3, 0.4) is 0 Å². The van der Waals surface area contributed by atoms with Crippen molar-refractivity contribution in [3.63, 3.8) is 0 Å². The highest BCUT2D eigenvalue weighted by molar-refractivity contribution is 7.99. The fourth-order valence-corrected chi connectivity index (χ4v) is 4.93. The Hall–Kier alpha value is -3.10. The Morgan fingerprint density at radius 2 is 1.97 bits per heavy atom. The molecule has 0 aliphatic rings. The monoisotopic (exact) mass is 479 g/mol. The lowest BCUT2D eigenvalue weighted by Gasteiger charge is -2.13. The molecule has 4 aromatic rings. The molecular formula is C26H29N3O4S. The van der Waals surface area contributed by atoms with Gasteiger partial charge in [-0.2, -0.15) is 0 Å². The van der Waals surface area contributed by atoms with Crippen LogP contribution in [0.5, 0.6) is 0 Å². The van der Waals surface area contributed by atoms with E-state index in [1.807, 2.05) is 57.2 Å². The first-order valence-corrected chi connectivity index (χ1v) is 12.4. The second-order valence-corrected chi connectivity index (χ2v) is 9.02. The Balaban J connectivity index is 1.55. The number of aromatic nitrogens is 3. The third-order valence-electron chi connectivity index (χ3n) is 5.80. The Bertz CT molecular complexity index is 1340. The molecule has 7 nitrogen and oxygen atoms in total. The Morgan fingerprint density at radius 1 is 1.15 bits per heavy atom. The number of carbonyl (C=O) groups is 1. The summed E-state index contributed by atoms with van der Waals surface area (Å²) >= 11 is 1.31. The summed E-state index contributed by atoms with van der Waals surface area (Å²) in [7, 11) is 0. The number of fused-ring (bicyclic) bond motifs is 1. The minimum Gasteiger partial charge on any atom is -0.467 e. The van der Waals surface area contributed by atoms with Crippen molar-refractivity contribution in [2.75, 3.05) is 19.0 Å². The van der Waals surface area contributed by atoms with Crippen molar-refractivity contribution in [3.05, 3.63) is 81.8 Å². The van der Waals surface area contributed by atoms with E-state index in [9.17, 15) is 9.59 Å². The van der Waals surface area contributed by atoms with E-state index in [1.165, 1.54) is 11.8 Å². The van der Waals surface area contributed by atoms with Gasteiger partial charge in [-0.1, -0.05) is 23.9 Å². The minimum atomic E-state index is -0.0892. The average Bonchev–Trinajstić information content (AvgIpc) is 3.45. The zero-order valence-electron chi connectivity index (χ0n) is 19.7. The maximum absolute atomic E-state index is 13.2. The summed E-state index contributed by atoms with van der Waals surface area (Å²) in [5.41, 5.74) is 3.13. The summed E-state index contributed by atoms with van der Waals surface area (Å²) in [6.07, 6.45) is 2.35. The molecule has 0 aliphatic heterocycles. The molecule has 0 saturated carbocycles. The van der Waals surface area contributed by atoms with E-state index in [0.717, 1.165) is 17.1 Å². The minimum absolute atomic E-state index is 0.00655. The van der Waals surface area contributed by atoms with Gasteiger partial charge in [0.05, 0.1) is 29.5 Å². The average molecular weight is 480 g/mol. The second-order valence-electron chi connectivity index (χ2n) is 8.08. The molecular weight excluding hydrogens is 450 g/mol. The predicted molar refractivity (Wildman–Crippen MR) is 134 cm³/mol. The zero-order chi connectivity index (χ0) is 24.1. The highest BCUT2D eigenvalue weighted by Crippen LogP contribution is 2.23. The van der Waals surface area contributed by atoms with Crippen LogP contribution >= 0.6 is 11.8 Å². The largest absolute Gasteiger partial charge is 0.467 e. The topological polar surface area (TPSA) is 79.3 Å². The molecule has 0 saturated heterocycles. The Morgan fingerprint density at radius 3 is 2.74 bits per heavy atom. The summed E-state index contributed by atoms with van der Waals surface area (Å²) in [6, 6.07) is 13.0. The van der Waals surface area contributed by atoms with E-state index in [4.69, 9.17) is 14.1 Å². The number of nitrogens with zero attached hydrogens (tertiary/aromatic N) is 3. The number of para-hydroxylation sites is 1. The van der Waals surface area contributed by atoms with E-state index in [0.29, 0.717) is 54.3 Å². The molecule has 0 unspecified atom stereocenters. The quantitative estimate of drug-likeness (QED) is 0.132. The number of furan rings is 1. The number of ketones is 1. The molecule has 8 heteroatoms. The predicted octanol–water partition coefficient (Wildman–Crippen LogP) is 4.86. The molecule has 1 aromatic carbocycles. The summed E-state index contributed by atoms with van der Waals surface area (Å²) in [5, 5.41) is 1.13. The lowest BCUT2D eigenvalue weighted by Crippen LogP contribution is -2.24. The molecule has 0 fully saturated rings. The molecule has 0 atom stereocenters. The maximum Gasteiger partial charge on any atom is 0.262 e. The third-order valence-corrected chi connectivity index (χ3v) is 6.78. The fraction of sp³-hybridized carbons (Fsp3) is 0.346. The number of thioether (sulfide) groups is 1. The summed E-state index contributed by atoms with van der Waals surface area (Å²) in [6.45, 7) is 8.16. The molecule has 178 valence electrons. The van der Waals surface area contributed by atoms with Crippen LogP contribution < -0.4 is 5.56 Å². The Labute approximate surface area is 202 Å². The molecule has 0 aliphatic carbocycles. The molecule has 0 spiro atoms. The van der Waals surface area contributed by atoms with Crippen LogP contribution in [0.1, 0.15) is 40.9 Å². The SMILES string of the molecule is CCOCCCn1c(SCC(=O)c2cc(C)n(Cc3ccco3)c2C)nc2ccccc2c1=O. The van der Waals surface area contributed by atoms with Gasteiger partial charge in [-0.05, 0) is 57.5 Å². The van der Waals surface area contributed by atoms with Gasteiger partial charge in [-0.3, -0.25) is 14.2 Å². The summed E-state index contributed by atoms with van der Waals surface area (Å²) < 4.78 is 14.7. The van der Waals surface area contributed by atoms with Crippen LogP contribution in [-0.2, 0) is 17.8 Å². The highest BCUT2D eigenvalue weighted by Gasteiger charge is 2.19. The van der Waals surface area contributed by atoms with Gasteiger partial charge in [0.15, 0.2) is 10.9 Å². The molecule has 0 radical (unpaired) electrons. The zero-order valence-corrected chi connectivity index (χ0v) is 20.6. The third kappa shape index (κ3) is 5.18. The molecule has 4 rings (SSSR count). The smallest absolute Gasteiger partial charge is 0.262 e. The number of ether oxygens (including phenoxy) is 1. The van der Waals surface area contributed by atoms with Crippen molar-refractivity contribution >= 4 is 28.4 Å². The molecule has 34 heavy (non-hydrogen) atoms. The number of hydrogen-bond acceptors (Lipinski definition) is 6. The number of carbonyl (C=O) groups excluding carboxylic acids is 1. The first-order chi connectivity index (χ1) is 16.5. The van der Waals surface area contributed by atoms with Crippen LogP contribution in [-0.4, -0.2) is 38.9 Å². The van der Waals surface area contributed by atoms with Gasteiger partial charge in [-0.25, -0.2) is 4.98 Å². The van der Waals surface area contributed by atoms with Gasteiger partial charge < -0.3 is 13.7 Å². The van der Waals surface area contributed by atoms with Crippen molar-refractivity contribution in [2.45, 2.75) is 45.4 Å². The first kappa shape index (κ1) is 24.0. The lowest BCUT2D eigenvalue weighted by molar-refractivity contribution is 0.102. The van der Waals surface area contributed by atoms with Gasteiger partial charge in [0.2, 0.25) is 0 Å². The van der Waals surface area contributed by atoms with E-state index >= 15 is 0 Å². The number of hydrogen-bond donors (Lipinski definition) is 0. The molecule has 3 aromatic heterocycles. The number of Topliss-reactive ketones (excluding diaryl/α,β-unsaturated/α-hetero) is 1. The van der Waals surface area contributed by atoms with Crippen LogP contribution in [0.15, 0.2) is 63.1 Å². The van der Waals surface area contributed by atoms with E-state index in [2.05, 4.69) is 4.57 Å². The van der Waals surface area contributed by atoms with Crippen LogP contribution in [0.2, 0.25) is 0 Å². The maximum atomic E-state index is 13.2. The van der Waals surface area contributed by atoms with Gasteiger partial charge in [0.25, 0.3) is 5.56 Å². The highest BCUT2D eigenvalue weighted by atomic mass is 32.2. The molecule has 0 bridgehead atoms. The summed E-state index contributed by atoms with van der Waals surface area (Å²) in [5.74, 6) is 1.04. The number of rotatable bonds is 11. The lowest BCUT2D eigenvalue weighted by atomic mass is 10.2. The van der Waals surface area contributed by atoms with Crippen LogP contribution in [0.4, 0.5) is 0 Å². The van der Waals surface area contributed by atoms with Crippen molar-refractivity contribution in [1.82, 2.24) is 14.1 Å². The normalized spacial score (nSPS) is 11.4. The van der Waals surface area contributed by atoms with Gasteiger partial charge in [0, 0.05) is 36.7 Å². The molecule has 3 heterocycles. The summed E-state index contributed by atoms with van der Waals surface area (Å²) in [4.78, 5) is 31.0. The van der Waals surface area contributed by atoms with Crippen LogP contribution in [0.25, 0.3) is 10.9 Å². The van der Waals surface area contributed by atoms with E-state index in [-0.39, 0.29) is 17.1 Å². The number of benzene rings is 1. The van der Waals surface area contributed by atoms with Crippen molar-refractivity contribution in [1.29, 1.82) is 0 Å². The fourth-order valence-electron chi connectivity index (χ4n) is 4.02. The van der Waals surface area contributed by atoms with Gasteiger partial charge in [-0.15, -0.1) is 0 Å². The van der Waals surface area contributed by atoms with Crippen molar-refractivity contribution in [2.24, 2.45) is 0 Å². The number of aryl methyl sites for hydroxylation is 1. The van der Waals surface area contributed by atoms with E-state index in [1.54, 1.807) is 16.9 Å². The standard InChI is InChI=1S/C26H29N3O4S/c1-4-32-13-8-12-28-25(31)21-10-5-6-11-23(21)27-26(28)34-17-24(30)22-15-18(2)29(19(22)3)16-20-9-7-14-33-20/h5-7,9-11,14-15H,4,8,12-13,16-17H2,1-3H3. The molecule has 0 N–H and O–H groups in total. The van der Waals surface area contributed by atoms with Gasteiger partial charge >= 0.3 is 0 Å². The van der Waals surface area contributed by atoms with E-state index < -0.39 is 0 Å².